The van der Waals surface area contributed by atoms with Crippen LogP contribution in [-0.2, 0) is 6.18 Å². The van der Waals surface area contributed by atoms with E-state index >= 15 is 0 Å². The summed E-state index contributed by atoms with van der Waals surface area (Å²) in [6.07, 6.45) is 1.64. The summed E-state index contributed by atoms with van der Waals surface area (Å²) in [5.41, 5.74) is 0.168. The maximum Gasteiger partial charge on any atom is 0.451 e. The highest BCUT2D eigenvalue weighted by atomic mass is 19.4. The number of aromatic nitrogens is 2. The van der Waals surface area contributed by atoms with Crippen LogP contribution >= 0.6 is 0 Å². The molecule has 1 aromatic carbocycles. The van der Waals surface area contributed by atoms with Gasteiger partial charge in [0, 0.05) is 17.5 Å². The number of ether oxygens (including phenoxy) is 2. The summed E-state index contributed by atoms with van der Waals surface area (Å²) in [6, 6.07) is 3.17. The molecule has 1 aliphatic carbocycles. The van der Waals surface area contributed by atoms with E-state index in [1.165, 1.54) is 20.3 Å². The van der Waals surface area contributed by atoms with Crippen molar-refractivity contribution in [3.8, 4) is 11.5 Å². The Morgan fingerprint density at radius 1 is 0.962 bits per heavy atom. The van der Waals surface area contributed by atoms with Crippen LogP contribution in [0.2, 0.25) is 0 Å². The Kier molecular flexibility index (Phi) is 5.38. The molecule has 1 fully saturated rings. The minimum absolute atomic E-state index is 0.102. The zero-order valence-corrected chi connectivity index (χ0v) is 14.8. The SMILES string of the molecule is COc1cc2nc(C(F)(F)F)nc(NC3CCCCCC3)c2cc1OC. The van der Waals surface area contributed by atoms with Gasteiger partial charge < -0.3 is 14.8 Å². The van der Waals surface area contributed by atoms with Gasteiger partial charge in [0.1, 0.15) is 5.82 Å². The van der Waals surface area contributed by atoms with Gasteiger partial charge in [0.15, 0.2) is 11.5 Å². The fourth-order valence-electron chi connectivity index (χ4n) is 3.31. The van der Waals surface area contributed by atoms with Crippen molar-refractivity contribution in [2.45, 2.75) is 50.7 Å². The third kappa shape index (κ3) is 3.94. The van der Waals surface area contributed by atoms with Crippen LogP contribution in [0.3, 0.4) is 0 Å². The van der Waals surface area contributed by atoms with E-state index in [0.717, 1.165) is 38.5 Å². The fraction of sp³-hybridized carbons (Fsp3) is 0.556. The largest absolute Gasteiger partial charge is 0.493 e. The van der Waals surface area contributed by atoms with E-state index in [1.54, 1.807) is 6.07 Å². The molecular weight excluding hydrogens is 347 g/mol. The zero-order chi connectivity index (χ0) is 18.7. The molecule has 1 N–H and O–H groups in total. The third-order valence-corrected chi connectivity index (χ3v) is 4.65. The Labute approximate surface area is 149 Å². The molecule has 0 saturated heterocycles. The van der Waals surface area contributed by atoms with Gasteiger partial charge in [-0.25, -0.2) is 9.97 Å². The summed E-state index contributed by atoms with van der Waals surface area (Å²) >= 11 is 0. The van der Waals surface area contributed by atoms with Crippen molar-refractivity contribution in [3.63, 3.8) is 0 Å². The molecule has 142 valence electrons. The Morgan fingerprint density at radius 3 is 2.15 bits per heavy atom. The molecule has 1 aliphatic rings. The molecule has 0 aliphatic heterocycles. The molecule has 1 aromatic heterocycles. The second kappa shape index (κ2) is 7.55. The van der Waals surface area contributed by atoms with Gasteiger partial charge in [0.25, 0.3) is 0 Å². The molecule has 26 heavy (non-hydrogen) atoms. The highest BCUT2D eigenvalue weighted by molar-refractivity contribution is 5.92. The number of hydrogen-bond acceptors (Lipinski definition) is 5. The van der Waals surface area contributed by atoms with Crippen molar-refractivity contribution < 1.29 is 22.6 Å². The fourth-order valence-corrected chi connectivity index (χ4v) is 3.31. The number of benzene rings is 1. The molecule has 1 heterocycles. The normalized spacial score (nSPS) is 16.3. The lowest BCUT2D eigenvalue weighted by Crippen LogP contribution is -2.21. The Bertz CT molecular complexity index is 772. The molecule has 5 nitrogen and oxygen atoms in total. The number of nitrogens with zero attached hydrogens (tertiary/aromatic N) is 2. The van der Waals surface area contributed by atoms with Crippen molar-refractivity contribution in [1.29, 1.82) is 0 Å². The molecule has 0 spiro atoms. The maximum atomic E-state index is 13.3. The Morgan fingerprint density at radius 2 is 1.58 bits per heavy atom. The number of nitrogens with one attached hydrogen (secondary N) is 1. The van der Waals surface area contributed by atoms with Crippen LogP contribution in [0, 0.1) is 0 Å². The van der Waals surface area contributed by atoms with E-state index in [2.05, 4.69) is 15.3 Å². The van der Waals surface area contributed by atoms with Crippen molar-refractivity contribution in [2.75, 3.05) is 19.5 Å². The van der Waals surface area contributed by atoms with Crippen LogP contribution in [0.25, 0.3) is 10.9 Å². The van der Waals surface area contributed by atoms with Gasteiger partial charge in [-0.05, 0) is 18.9 Å². The van der Waals surface area contributed by atoms with Gasteiger partial charge in [-0.2, -0.15) is 13.2 Å². The summed E-state index contributed by atoms with van der Waals surface area (Å²) in [5.74, 6) is -0.219. The number of fused-ring (bicyclic) bond motifs is 1. The first-order valence-electron chi connectivity index (χ1n) is 8.70. The summed E-state index contributed by atoms with van der Waals surface area (Å²) in [6.45, 7) is 0. The first-order valence-corrected chi connectivity index (χ1v) is 8.70. The van der Waals surface area contributed by atoms with E-state index in [4.69, 9.17) is 9.47 Å². The molecule has 0 unspecified atom stereocenters. The number of methoxy groups -OCH3 is 2. The predicted octanol–water partition coefficient (Wildman–Crippen LogP) is 4.80. The molecule has 0 atom stereocenters. The van der Waals surface area contributed by atoms with Crippen LogP contribution in [0.1, 0.15) is 44.3 Å². The minimum Gasteiger partial charge on any atom is -0.493 e. The van der Waals surface area contributed by atoms with E-state index in [0.29, 0.717) is 16.9 Å². The van der Waals surface area contributed by atoms with Crippen molar-refractivity contribution in [3.05, 3.63) is 18.0 Å². The Hall–Kier alpha value is -2.25. The van der Waals surface area contributed by atoms with E-state index < -0.39 is 12.0 Å². The lowest BCUT2D eigenvalue weighted by atomic mass is 10.1. The van der Waals surface area contributed by atoms with Gasteiger partial charge in [0.2, 0.25) is 5.82 Å². The van der Waals surface area contributed by atoms with Gasteiger partial charge in [-0.15, -0.1) is 0 Å². The minimum atomic E-state index is -4.62. The van der Waals surface area contributed by atoms with Gasteiger partial charge in [0.05, 0.1) is 19.7 Å². The number of alkyl halides is 3. The lowest BCUT2D eigenvalue weighted by molar-refractivity contribution is -0.144. The quantitative estimate of drug-likeness (QED) is 0.785. The van der Waals surface area contributed by atoms with Crippen LogP contribution in [0.4, 0.5) is 19.0 Å². The van der Waals surface area contributed by atoms with Crippen LogP contribution in [-0.4, -0.2) is 30.2 Å². The van der Waals surface area contributed by atoms with E-state index in [9.17, 15) is 13.2 Å². The predicted molar refractivity (Wildman–Crippen MR) is 92.8 cm³/mol. The first kappa shape index (κ1) is 18.5. The second-order valence-electron chi connectivity index (χ2n) is 6.45. The summed E-state index contributed by atoms with van der Waals surface area (Å²) < 4.78 is 50.2. The number of anilines is 1. The number of hydrogen-bond donors (Lipinski definition) is 1. The second-order valence-corrected chi connectivity index (χ2v) is 6.45. The molecule has 1 saturated carbocycles. The molecule has 0 amide bonds. The monoisotopic (exact) mass is 369 g/mol. The topological polar surface area (TPSA) is 56.3 Å². The van der Waals surface area contributed by atoms with Gasteiger partial charge in [-0.1, -0.05) is 25.7 Å². The van der Waals surface area contributed by atoms with Crippen LogP contribution < -0.4 is 14.8 Å². The maximum absolute atomic E-state index is 13.3. The first-order chi connectivity index (χ1) is 12.4. The van der Waals surface area contributed by atoms with Gasteiger partial charge in [-0.3, -0.25) is 0 Å². The highest BCUT2D eigenvalue weighted by Crippen LogP contribution is 2.37. The molecule has 0 bridgehead atoms. The molecule has 0 radical (unpaired) electrons. The lowest BCUT2D eigenvalue weighted by Gasteiger charge is -2.20. The molecule has 8 heteroatoms. The van der Waals surface area contributed by atoms with Crippen LogP contribution in [0.5, 0.6) is 11.5 Å². The van der Waals surface area contributed by atoms with Crippen molar-refractivity contribution in [2.24, 2.45) is 0 Å². The molecule has 3 rings (SSSR count). The molecular formula is C18H22F3N3O2. The smallest absolute Gasteiger partial charge is 0.451 e. The van der Waals surface area contributed by atoms with Crippen LogP contribution in [0.15, 0.2) is 12.1 Å². The summed E-state index contributed by atoms with van der Waals surface area (Å²) in [4.78, 5) is 7.48. The third-order valence-electron chi connectivity index (χ3n) is 4.65. The average Bonchev–Trinajstić information content (AvgIpc) is 2.88. The van der Waals surface area contributed by atoms with Crippen molar-refractivity contribution >= 4 is 16.7 Å². The van der Waals surface area contributed by atoms with Gasteiger partial charge >= 0.3 is 6.18 Å². The summed E-state index contributed by atoms with van der Waals surface area (Å²) in [5, 5.41) is 3.70. The number of rotatable bonds is 4. The Balaban J connectivity index is 2.10. The average molecular weight is 369 g/mol. The molecule has 2 aromatic rings. The van der Waals surface area contributed by atoms with E-state index in [-0.39, 0.29) is 17.4 Å². The number of halogens is 3. The zero-order valence-electron chi connectivity index (χ0n) is 14.8. The van der Waals surface area contributed by atoms with Crippen molar-refractivity contribution in [1.82, 2.24) is 9.97 Å². The highest BCUT2D eigenvalue weighted by Gasteiger charge is 2.36. The summed E-state index contributed by atoms with van der Waals surface area (Å²) in [7, 11) is 2.91. The van der Waals surface area contributed by atoms with E-state index in [1.807, 2.05) is 0 Å². The standard InChI is InChI=1S/C18H22F3N3O2/c1-25-14-9-12-13(10-15(14)26-2)23-17(18(19,20)21)24-16(12)22-11-7-5-3-4-6-8-11/h9-11H,3-8H2,1-2H3,(H,22,23,24).